The Balaban J connectivity index is 2.05. The first-order valence-electron chi connectivity index (χ1n) is 7.51. The van der Waals surface area contributed by atoms with Gasteiger partial charge in [-0.25, -0.2) is 13.6 Å². The molecule has 0 spiro atoms. The molecule has 1 aliphatic carbocycles. The summed E-state index contributed by atoms with van der Waals surface area (Å²) in [7, 11) is -3.69. The van der Waals surface area contributed by atoms with Crippen LogP contribution in [0.25, 0.3) is 11.1 Å². The van der Waals surface area contributed by atoms with Crippen LogP contribution in [0.3, 0.4) is 0 Å². The van der Waals surface area contributed by atoms with Gasteiger partial charge in [-0.2, -0.15) is 0 Å². The van der Waals surface area contributed by atoms with Crippen LogP contribution in [0.1, 0.15) is 25.0 Å². The van der Waals surface area contributed by atoms with Gasteiger partial charge in [-0.15, -0.1) is 0 Å². The van der Waals surface area contributed by atoms with Crippen molar-refractivity contribution in [3.05, 3.63) is 76.8 Å². The van der Waals surface area contributed by atoms with Crippen LogP contribution in [0, 0.1) is 5.41 Å². The Hall–Kier alpha value is -1.88. The van der Waals surface area contributed by atoms with Crippen LogP contribution in [0.5, 0.6) is 0 Å². The standard InChI is InChI=1S/C19H18ClNO2S/c1-19(2)11-17(13-3-7-15(20)8-4-13)18(12-19)14-5-9-16(10-6-14)24(21,22)23/h3-12H,1-2H3,(H2,21,22,23). The van der Waals surface area contributed by atoms with E-state index in [1.54, 1.807) is 12.1 Å². The molecule has 0 saturated carbocycles. The third-order valence-electron chi connectivity index (χ3n) is 3.97. The summed E-state index contributed by atoms with van der Waals surface area (Å²) in [6, 6.07) is 14.4. The highest BCUT2D eigenvalue weighted by molar-refractivity contribution is 7.89. The van der Waals surface area contributed by atoms with Gasteiger partial charge in [0.15, 0.2) is 0 Å². The molecule has 0 aliphatic heterocycles. The summed E-state index contributed by atoms with van der Waals surface area (Å²) < 4.78 is 22.9. The van der Waals surface area contributed by atoms with Crippen LogP contribution in [0.2, 0.25) is 5.02 Å². The Morgan fingerprint density at radius 2 is 1.25 bits per heavy atom. The quantitative estimate of drug-likeness (QED) is 0.877. The van der Waals surface area contributed by atoms with Crippen molar-refractivity contribution < 1.29 is 8.42 Å². The van der Waals surface area contributed by atoms with E-state index in [4.69, 9.17) is 16.7 Å². The van der Waals surface area contributed by atoms with Crippen molar-refractivity contribution in [1.29, 1.82) is 0 Å². The van der Waals surface area contributed by atoms with Gasteiger partial charge in [-0.1, -0.05) is 61.9 Å². The van der Waals surface area contributed by atoms with Crippen molar-refractivity contribution in [3.63, 3.8) is 0 Å². The minimum Gasteiger partial charge on any atom is -0.225 e. The maximum Gasteiger partial charge on any atom is 0.238 e. The van der Waals surface area contributed by atoms with E-state index in [0.717, 1.165) is 22.3 Å². The summed E-state index contributed by atoms with van der Waals surface area (Å²) in [4.78, 5) is 0.112. The van der Waals surface area contributed by atoms with Gasteiger partial charge in [0.25, 0.3) is 0 Å². The van der Waals surface area contributed by atoms with Crippen molar-refractivity contribution >= 4 is 32.8 Å². The Kier molecular flexibility index (Phi) is 4.16. The number of nitrogens with two attached hydrogens (primary N) is 1. The average Bonchev–Trinajstić information content (AvgIpc) is 2.83. The monoisotopic (exact) mass is 359 g/mol. The zero-order chi connectivity index (χ0) is 17.5. The molecule has 1 aliphatic rings. The number of sulfonamides is 1. The van der Waals surface area contributed by atoms with E-state index in [-0.39, 0.29) is 10.3 Å². The number of hydrogen-bond acceptors (Lipinski definition) is 2. The molecule has 0 saturated heterocycles. The van der Waals surface area contributed by atoms with Crippen molar-refractivity contribution in [2.75, 3.05) is 0 Å². The molecule has 2 aromatic carbocycles. The van der Waals surface area contributed by atoms with E-state index in [0.29, 0.717) is 5.02 Å². The van der Waals surface area contributed by atoms with Crippen molar-refractivity contribution in [1.82, 2.24) is 0 Å². The minimum atomic E-state index is -3.69. The van der Waals surface area contributed by atoms with Gasteiger partial charge in [0.05, 0.1) is 4.90 Å². The third-order valence-corrected chi connectivity index (χ3v) is 5.15. The second-order valence-electron chi connectivity index (χ2n) is 6.51. The molecule has 0 aromatic heterocycles. The first-order valence-corrected chi connectivity index (χ1v) is 9.43. The van der Waals surface area contributed by atoms with Crippen LogP contribution in [-0.4, -0.2) is 8.42 Å². The highest BCUT2D eigenvalue weighted by Crippen LogP contribution is 2.43. The highest BCUT2D eigenvalue weighted by atomic mass is 35.5. The molecule has 0 radical (unpaired) electrons. The van der Waals surface area contributed by atoms with Crippen LogP contribution < -0.4 is 5.14 Å². The first kappa shape index (κ1) is 17.0. The lowest BCUT2D eigenvalue weighted by molar-refractivity contribution is 0.598. The predicted molar refractivity (Wildman–Crippen MR) is 99.0 cm³/mol. The van der Waals surface area contributed by atoms with E-state index < -0.39 is 10.0 Å². The maximum atomic E-state index is 11.4. The highest BCUT2D eigenvalue weighted by Gasteiger charge is 2.25. The molecule has 2 aromatic rings. The van der Waals surface area contributed by atoms with Gasteiger partial charge in [0.1, 0.15) is 0 Å². The molecule has 0 atom stereocenters. The van der Waals surface area contributed by atoms with E-state index in [1.165, 1.54) is 12.1 Å². The van der Waals surface area contributed by atoms with Gasteiger partial charge in [-0.3, -0.25) is 0 Å². The number of allylic oxidation sites excluding steroid dienone is 4. The number of benzene rings is 2. The summed E-state index contributed by atoms with van der Waals surface area (Å²) >= 11 is 5.99. The first-order chi connectivity index (χ1) is 11.2. The summed E-state index contributed by atoms with van der Waals surface area (Å²) in [6.45, 7) is 4.27. The van der Waals surface area contributed by atoms with Crippen molar-refractivity contribution in [2.24, 2.45) is 10.6 Å². The van der Waals surface area contributed by atoms with Crippen LogP contribution in [0.15, 0.2) is 65.6 Å². The Morgan fingerprint density at radius 3 is 1.67 bits per heavy atom. The molecular formula is C19H18ClNO2S. The normalized spacial score (nSPS) is 16.7. The Labute approximate surface area is 147 Å². The van der Waals surface area contributed by atoms with Crippen molar-refractivity contribution in [2.45, 2.75) is 18.7 Å². The molecule has 124 valence electrons. The molecule has 0 bridgehead atoms. The molecule has 5 heteroatoms. The number of primary sulfonamides is 1. The molecule has 24 heavy (non-hydrogen) atoms. The molecule has 0 amide bonds. The van der Waals surface area contributed by atoms with E-state index in [2.05, 4.69) is 26.0 Å². The van der Waals surface area contributed by atoms with Crippen molar-refractivity contribution in [3.8, 4) is 0 Å². The van der Waals surface area contributed by atoms with Gasteiger partial charge in [-0.05, 0) is 46.5 Å². The minimum absolute atomic E-state index is 0.0804. The lowest BCUT2D eigenvalue weighted by Crippen LogP contribution is -2.11. The summed E-state index contributed by atoms with van der Waals surface area (Å²) in [6.07, 6.45) is 4.39. The van der Waals surface area contributed by atoms with E-state index in [9.17, 15) is 8.42 Å². The van der Waals surface area contributed by atoms with Gasteiger partial charge in [0.2, 0.25) is 10.0 Å². The Bertz CT molecular complexity index is 938. The smallest absolute Gasteiger partial charge is 0.225 e. The molecule has 2 N–H and O–H groups in total. The van der Waals surface area contributed by atoms with Gasteiger partial charge in [0, 0.05) is 10.4 Å². The summed E-state index contributed by atoms with van der Waals surface area (Å²) in [5, 5.41) is 5.86. The summed E-state index contributed by atoms with van der Waals surface area (Å²) in [5.41, 5.74) is 4.13. The number of halogens is 1. The topological polar surface area (TPSA) is 60.2 Å². The fraction of sp³-hybridized carbons (Fsp3) is 0.158. The second kappa shape index (κ2) is 5.88. The van der Waals surface area contributed by atoms with Crippen LogP contribution in [0.4, 0.5) is 0 Å². The largest absolute Gasteiger partial charge is 0.238 e. The van der Waals surface area contributed by atoms with Gasteiger partial charge >= 0.3 is 0 Å². The fourth-order valence-corrected chi connectivity index (χ4v) is 3.51. The molecule has 3 nitrogen and oxygen atoms in total. The second-order valence-corrected chi connectivity index (χ2v) is 8.51. The average molecular weight is 360 g/mol. The van der Waals surface area contributed by atoms with E-state index in [1.807, 2.05) is 24.3 Å². The van der Waals surface area contributed by atoms with Gasteiger partial charge < -0.3 is 0 Å². The number of rotatable bonds is 3. The summed E-state index contributed by atoms with van der Waals surface area (Å²) in [5.74, 6) is 0. The molecule has 3 rings (SSSR count). The lowest BCUT2D eigenvalue weighted by atomic mass is 9.95. The molecule has 0 unspecified atom stereocenters. The molecule has 0 heterocycles. The zero-order valence-corrected chi connectivity index (χ0v) is 15.0. The zero-order valence-electron chi connectivity index (χ0n) is 13.5. The fourth-order valence-electron chi connectivity index (χ4n) is 2.87. The maximum absolute atomic E-state index is 11.4. The lowest BCUT2D eigenvalue weighted by Gasteiger charge is -2.10. The SMILES string of the molecule is CC1(C)C=C(c2ccc(Cl)cc2)C(c2ccc(S(N)(=O)=O)cc2)=C1. The molecule has 0 fully saturated rings. The third kappa shape index (κ3) is 3.46. The van der Waals surface area contributed by atoms with E-state index >= 15 is 0 Å². The molecular weight excluding hydrogens is 342 g/mol. The Morgan fingerprint density at radius 1 is 0.833 bits per heavy atom. The predicted octanol–water partition coefficient (Wildman–Crippen LogP) is 4.49. The number of hydrogen-bond donors (Lipinski definition) is 1. The van der Waals surface area contributed by atoms with Crippen LogP contribution in [-0.2, 0) is 10.0 Å². The van der Waals surface area contributed by atoms with Crippen LogP contribution >= 0.6 is 11.6 Å².